The average Bonchev–Trinajstić information content (AvgIpc) is 3.13. The summed E-state index contributed by atoms with van der Waals surface area (Å²) in [7, 11) is 3.34. The van der Waals surface area contributed by atoms with Crippen molar-refractivity contribution in [3.8, 4) is 0 Å². The molecule has 0 saturated carbocycles. The van der Waals surface area contributed by atoms with E-state index in [-0.39, 0.29) is 23.8 Å². The summed E-state index contributed by atoms with van der Waals surface area (Å²) in [5, 5.41) is 2.82. The molecule has 3 amide bonds. The Morgan fingerprint density at radius 3 is 2.50 bits per heavy atom. The third-order valence-corrected chi connectivity index (χ3v) is 5.31. The summed E-state index contributed by atoms with van der Waals surface area (Å²) in [6.07, 6.45) is 0. The number of carbonyl (C=O) groups is 2. The van der Waals surface area contributed by atoms with E-state index in [4.69, 9.17) is 5.73 Å². The number of rotatable bonds is 4. The number of benzene rings is 2. The maximum Gasteiger partial charge on any atom is 0.321 e. The summed E-state index contributed by atoms with van der Waals surface area (Å²) < 4.78 is 0. The number of hydrogen-bond acceptors (Lipinski definition) is 3. The number of hydrogen-bond donors (Lipinski definition) is 2. The molecule has 148 valence electrons. The molecule has 1 aliphatic rings. The highest BCUT2D eigenvalue weighted by Crippen LogP contribution is 2.33. The number of anilines is 1. The first-order valence-corrected chi connectivity index (χ1v) is 9.54. The quantitative estimate of drug-likeness (QED) is 0.856. The van der Waals surface area contributed by atoms with Gasteiger partial charge in [0.15, 0.2) is 0 Å². The Balaban J connectivity index is 1.86. The zero-order valence-electron chi connectivity index (χ0n) is 16.7. The van der Waals surface area contributed by atoms with Crippen molar-refractivity contribution in [2.45, 2.75) is 12.8 Å². The Labute approximate surface area is 166 Å². The van der Waals surface area contributed by atoms with Crippen LogP contribution in [0.2, 0.25) is 0 Å². The molecule has 1 saturated heterocycles. The van der Waals surface area contributed by atoms with Crippen LogP contribution in [-0.4, -0.2) is 55.5 Å². The lowest BCUT2D eigenvalue weighted by Gasteiger charge is -2.20. The maximum atomic E-state index is 13.3. The number of nitrogens with two attached hydrogens (primary N) is 1. The minimum absolute atomic E-state index is 0.0744. The molecule has 3 rings (SSSR count). The second-order valence-corrected chi connectivity index (χ2v) is 7.60. The Kier molecular flexibility index (Phi) is 5.99. The van der Waals surface area contributed by atoms with E-state index in [0.717, 1.165) is 5.56 Å². The summed E-state index contributed by atoms with van der Waals surface area (Å²) in [6, 6.07) is 15.5. The minimum atomic E-state index is -0.263. The van der Waals surface area contributed by atoms with Gasteiger partial charge < -0.3 is 20.9 Å². The fourth-order valence-electron chi connectivity index (χ4n) is 3.70. The molecule has 2 aromatic rings. The van der Waals surface area contributed by atoms with Crippen LogP contribution >= 0.6 is 0 Å². The second-order valence-electron chi connectivity index (χ2n) is 7.60. The van der Waals surface area contributed by atoms with Gasteiger partial charge in [-0.05, 0) is 37.1 Å². The molecular formula is C22H28N4O2. The number of carbonyl (C=O) groups excluding carboxylic acids is 2. The van der Waals surface area contributed by atoms with Gasteiger partial charge in [-0.2, -0.15) is 0 Å². The highest BCUT2D eigenvalue weighted by Gasteiger charge is 2.36. The van der Waals surface area contributed by atoms with E-state index in [1.165, 1.54) is 10.5 Å². The molecule has 1 heterocycles. The normalized spacial score (nSPS) is 18.8. The monoisotopic (exact) mass is 380 g/mol. The van der Waals surface area contributed by atoms with Crippen molar-refractivity contribution in [3.63, 3.8) is 0 Å². The topological polar surface area (TPSA) is 78.7 Å². The lowest BCUT2D eigenvalue weighted by atomic mass is 9.89. The molecule has 28 heavy (non-hydrogen) atoms. The van der Waals surface area contributed by atoms with Crippen molar-refractivity contribution < 1.29 is 9.59 Å². The van der Waals surface area contributed by atoms with E-state index in [2.05, 4.69) is 17.4 Å². The van der Waals surface area contributed by atoms with Crippen molar-refractivity contribution >= 4 is 17.6 Å². The summed E-state index contributed by atoms with van der Waals surface area (Å²) in [6.45, 7) is 3.71. The van der Waals surface area contributed by atoms with Crippen LogP contribution in [0.4, 0.5) is 10.5 Å². The smallest absolute Gasteiger partial charge is 0.321 e. The number of amides is 3. The molecule has 0 radical (unpaired) electrons. The molecule has 0 spiro atoms. The van der Waals surface area contributed by atoms with E-state index in [1.54, 1.807) is 20.2 Å². The van der Waals surface area contributed by atoms with Gasteiger partial charge in [-0.15, -0.1) is 0 Å². The van der Waals surface area contributed by atoms with Crippen LogP contribution in [0.3, 0.4) is 0 Å². The Bertz CT molecular complexity index is 851. The molecule has 0 aliphatic carbocycles. The second kappa shape index (κ2) is 8.44. The van der Waals surface area contributed by atoms with Crippen LogP contribution in [0.1, 0.15) is 27.4 Å². The first kappa shape index (κ1) is 19.9. The van der Waals surface area contributed by atoms with Crippen LogP contribution in [0.15, 0.2) is 48.5 Å². The van der Waals surface area contributed by atoms with E-state index in [0.29, 0.717) is 30.9 Å². The minimum Gasteiger partial charge on any atom is -0.338 e. The van der Waals surface area contributed by atoms with E-state index in [1.807, 2.05) is 42.2 Å². The van der Waals surface area contributed by atoms with Crippen LogP contribution < -0.4 is 11.1 Å². The number of nitrogens with zero attached hydrogens (tertiary/aromatic N) is 2. The van der Waals surface area contributed by atoms with Crippen molar-refractivity contribution in [2.75, 3.05) is 39.0 Å². The molecule has 2 aromatic carbocycles. The maximum absolute atomic E-state index is 13.3. The van der Waals surface area contributed by atoms with Crippen molar-refractivity contribution in [3.05, 3.63) is 65.2 Å². The van der Waals surface area contributed by atoms with Gasteiger partial charge in [-0.3, -0.25) is 4.79 Å². The zero-order valence-corrected chi connectivity index (χ0v) is 16.7. The average molecular weight is 380 g/mol. The summed E-state index contributed by atoms with van der Waals surface area (Å²) in [4.78, 5) is 28.7. The van der Waals surface area contributed by atoms with Gasteiger partial charge in [0.2, 0.25) is 0 Å². The van der Waals surface area contributed by atoms with E-state index in [9.17, 15) is 9.59 Å². The van der Waals surface area contributed by atoms with Gasteiger partial charge in [-0.25, -0.2) is 4.79 Å². The van der Waals surface area contributed by atoms with Gasteiger partial charge in [0, 0.05) is 33.1 Å². The van der Waals surface area contributed by atoms with Crippen molar-refractivity contribution in [1.82, 2.24) is 9.80 Å². The fraction of sp³-hybridized carbons (Fsp3) is 0.364. The van der Waals surface area contributed by atoms with Crippen molar-refractivity contribution in [2.24, 2.45) is 11.7 Å². The van der Waals surface area contributed by atoms with Gasteiger partial charge >= 0.3 is 6.03 Å². The summed E-state index contributed by atoms with van der Waals surface area (Å²) in [5.41, 5.74) is 9.24. The summed E-state index contributed by atoms with van der Waals surface area (Å²) in [5.74, 6) is 0.366. The summed E-state index contributed by atoms with van der Waals surface area (Å²) >= 11 is 0. The Morgan fingerprint density at radius 2 is 1.86 bits per heavy atom. The largest absolute Gasteiger partial charge is 0.338 e. The number of likely N-dealkylation sites (tertiary alicyclic amines) is 1. The highest BCUT2D eigenvalue weighted by atomic mass is 16.2. The first-order chi connectivity index (χ1) is 13.4. The SMILES string of the molecule is Cc1ccc(NC(=O)N(C)C)c(C(=O)N2C[C@@H](CN)[C@H](c3ccccc3)C2)c1. The highest BCUT2D eigenvalue weighted by molar-refractivity contribution is 6.03. The Hall–Kier alpha value is -2.86. The molecule has 1 aliphatic heterocycles. The standard InChI is InChI=1S/C22H28N4O2/c1-15-9-10-20(24-22(28)25(2)3)18(11-15)21(27)26-13-17(12-23)19(14-26)16-7-5-4-6-8-16/h4-11,17,19H,12-14,23H2,1-3H3,(H,24,28)/t17-,19+/m1/s1. The number of urea groups is 1. The lowest BCUT2D eigenvalue weighted by molar-refractivity contribution is 0.0787. The van der Waals surface area contributed by atoms with Crippen molar-refractivity contribution in [1.29, 1.82) is 0 Å². The molecule has 0 unspecified atom stereocenters. The Morgan fingerprint density at radius 1 is 1.14 bits per heavy atom. The molecule has 6 heteroatoms. The zero-order chi connectivity index (χ0) is 20.3. The molecule has 3 N–H and O–H groups in total. The third kappa shape index (κ3) is 4.17. The van der Waals surface area contributed by atoms with Crippen LogP contribution in [0.5, 0.6) is 0 Å². The molecule has 1 fully saturated rings. The van der Waals surface area contributed by atoms with Gasteiger partial charge in [0.05, 0.1) is 11.3 Å². The van der Waals surface area contributed by atoms with E-state index < -0.39 is 0 Å². The molecule has 2 atom stereocenters. The molecular weight excluding hydrogens is 352 g/mol. The molecule has 0 bridgehead atoms. The van der Waals surface area contributed by atoms with Gasteiger partial charge in [0.1, 0.15) is 0 Å². The number of nitrogens with one attached hydrogen (secondary N) is 1. The van der Waals surface area contributed by atoms with E-state index >= 15 is 0 Å². The first-order valence-electron chi connectivity index (χ1n) is 9.54. The third-order valence-electron chi connectivity index (χ3n) is 5.31. The molecule has 0 aromatic heterocycles. The van der Waals surface area contributed by atoms with Crippen LogP contribution in [-0.2, 0) is 0 Å². The van der Waals surface area contributed by atoms with Gasteiger partial charge in [-0.1, -0.05) is 42.0 Å². The number of aryl methyl sites for hydroxylation is 1. The van der Waals surface area contributed by atoms with Gasteiger partial charge in [0.25, 0.3) is 5.91 Å². The lowest BCUT2D eigenvalue weighted by Crippen LogP contribution is -2.32. The molecule has 6 nitrogen and oxygen atoms in total. The van der Waals surface area contributed by atoms with Crippen LogP contribution in [0.25, 0.3) is 0 Å². The predicted molar refractivity (Wildman–Crippen MR) is 112 cm³/mol. The van der Waals surface area contributed by atoms with Crippen LogP contribution in [0, 0.1) is 12.8 Å². The fourth-order valence-corrected chi connectivity index (χ4v) is 3.70. The predicted octanol–water partition coefficient (Wildman–Crippen LogP) is 2.90.